The summed E-state index contributed by atoms with van der Waals surface area (Å²) in [7, 11) is -3.92. The molecule has 0 spiro atoms. The molecule has 3 aromatic rings. The van der Waals surface area contributed by atoms with E-state index in [4.69, 9.17) is 27.9 Å². The summed E-state index contributed by atoms with van der Waals surface area (Å²) in [5, 5.41) is 4.78. The first kappa shape index (κ1) is 22.0. The minimum Gasteiger partial charge on any atom is -0.455 e. The van der Waals surface area contributed by atoms with E-state index in [9.17, 15) is 18.0 Å². The van der Waals surface area contributed by atoms with Crippen LogP contribution in [0.5, 0.6) is 0 Å². The second kappa shape index (κ2) is 9.44. The number of amides is 1. The number of carbonyl (C=O) groups is 2. The summed E-state index contributed by atoms with van der Waals surface area (Å²) in [6, 6.07) is 16.4. The van der Waals surface area contributed by atoms with Crippen molar-refractivity contribution in [3.8, 4) is 0 Å². The monoisotopic (exact) mass is 466 g/mol. The molecule has 0 bridgehead atoms. The number of benzene rings is 3. The number of hydrogen-bond donors (Lipinski definition) is 2. The third-order valence-corrected chi connectivity index (χ3v) is 5.78. The zero-order valence-electron chi connectivity index (χ0n) is 15.4. The minimum atomic E-state index is -3.92. The molecule has 3 aromatic carbocycles. The van der Waals surface area contributed by atoms with Crippen LogP contribution in [0.2, 0.25) is 10.0 Å². The van der Waals surface area contributed by atoms with Crippen molar-refractivity contribution in [3.63, 3.8) is 0 Å². The molecule has 0 aliphatic carbocycles. The molecule has 7 nitrogen and oxygen atoms in total. The van der Waals surface area contributed by atoms with E-state index in [0.717, 1.165) is 10.8 Å². The lowest BCUT2D eigenvalue weighted by atomic mass is 10.1. The average molecular weight is 467 g/mol. The van der Waals surface area contributed by atoms with Crippen molar-refractivity contribution < 1.29 is 22.7 Å². The molecule has 0 aliphatic heterocycles. The van der Waals surface area contributed by atoms with Gasteiger partial charge in [-0.3, -0.25) is 9.59 Å². The molecule has 0 aromatic heterocycles. The maximum Gasteiger partial charge on any atom is 0.321 e. The summed E-state index contributed by atoms with van der Waals surface area (Å²) in [4.78, 5) is 23.7. The summed E-state index contributed by atoms with van der Waals surface area (Å²) < 4.78 is 31.8. The van der Waals surface area contributed by atoms with Crippen molar-refractivity contribution in [1.82, 2.24) is 4.72 Å². The standard InChI is InChI=1S/C20H16Cl2N2O5S/c21-15-8-16(22)10-17(9-15)24-19(25)12-29-20(26)11-23-30(27,28)18-6-5-13-3-1-2-4-14(13)7-18/h1-10,23H,11-12H2,(H,24,25). The predicted molar refractivity (Wildman–Crippen MR) is 115 cm³/mol. The Kier molecular flexibility index (Phi) is 6.94. The van der Waals surface area contributed by atoms with Crippen LogP contribution in [0.4, 0.5) is 5.69 Å². The van der Waals surface area contributed by atoms with Crippen LogP contribution < -0.4 is 10.0 Å². The lowest BCUT2D eigenvalue weighted by molar-refractivity contribution is -0.146. The average Bonchev–Trinajstić information content (AvgIpc) is 2.69. The number of fused-ring (bicyclic) bond motifs is 1. The maximum atomic E-state index is 12.4. The van der Waals surface area contributed by atoms with E-state index in [1.165, 1.54) is 30.3 Å². The van der Waals surface area contributed by atoms with Gasteiger partial charge in [0.25, 0.3) is 5.91 Å². The van der Waals surface area contributed by atoms with Gasteiger partial charge in [-0.2, -0.15) is 4.72 Å². The van der Waals surface area contributed by atoms with E-state index in [-0.39, 0.29) is 4.90 Å². The molecule has 3 rings (SSSR count). The number of anilines is 1. The molecule has 2 N–H and O–H groups in total. The summed E-state index contributed by atoms with van der Waals surface area (Å²) in [6.45, 7) is -1.22. The highest BCUT2D eigenvalue weighted by atomic mass is 35.5. The van der Waals surface area contributed by atoms with Crippen LogP contribution >= 0.6 is 23.2 Å². The molecule has 0 atom stereocenters. The van der Waals surface area contributed by atoms with Crippen molar-refractivity contribution in [2.24, 2.45) is 0 Å². The van der Waals surface area contributed by atoms with Gasteiger partial charge in [0.15, 0.2) is 6.61 Å². The van der Waals surface area contributed by atoms with Gasteiger partial charge in [-0.25, -0.2) is 8.42 Å². The first-order valence-electron chi connectivity index (χ1n) is 8.63. The predicted octanol–water partition coefficient (Wildman–Crippen LogP) is 3.61. The molecular weight excluding hydrogens is 451 g/mol. The van der Waals surface area contributed by atoms with Crippen LogP contribution in [0.15, 0.2) is 65.6 Å². The van der Waals surface area contributed by atoms with Crippen LogP contribution in [-0.2, 0) is 24.3 Å². The van der Waals surface area contributed by atoms with Crippen molar-refractivity contribution in [2.45, 2.75) is 4.90 Å². The molecule has 0 saturated carbocycles. The smallest absolute Gasteiger partial charge is 0.321 e. The Bertz CT molecular complexity index is 1190. The van der Waals surface area contributed by atoms with E-state index in [2.05, 4.69) is 10.0 Å². The van der Waals surface area contributed by atoms with Crippen LogP contribution in [0.1, 0.15) is 0 Å². The molecule has 0 radical (unpaired) electrons. The van der Waals surface area contributed by atoms with E-state index >= 15 is 0 Å². The Morgan fingerprint density at radius 1 is 0.900 bits per heavy atom. The number of halogens is 2. The molecule has 0 aliphatic rings. The fourth-order valence-electron chi connectivity index (χ4n) is 2.59. The van der Waals surface area contributed by atoms with Gasteiger partial charge in [0.1, 0.15) is 6.54 Å². The molecular formula is C20H16Cl2N2O5S. The number of nitrogens with one attached hydrogen (secondary N) is 2. The second-order valence-electron chi connectivity index (χ2n) is 6.20. The summed E-state index contributed by atoms with van der Waals surface area (Å²) in [5.74, 6) is -1.53. The van der Waals surface area contributed by atoms with Crippen LogP contribution in [0.25, 0.3) is 10.8 Å². The number of sulfonamides is 1. The molecule has 156 valence electrons. The van der Waals surface area contributed by atoms with Crippen molar-refractivity contribution in [2.75, 3.05) is 18.5 Å². The molecule has 1 amide bonds. The molecule has 0 saturated heterocycles. The zero-order chi connectivity index (χ0) is 21.7. The Hall–Kier alpha value is -2.65. The van der Waals surface area contributed by atoms with Crippen LogP contribution in [0, 0.1) is 0 Å². The van der Waals surface area contributed by atoms with E-state index in [1.54, 1.807) is 18.2 Å². The number of hydrogen-bond acceptors (Lipinski definition) is 5. The summed E-state index contributed by atoms with van der Waals surface area (Å²) in [5.41, 5.74) is 0.338. The fraction of sp³-hybridized carbons (Fsp3) is 0.100. The minimum absolute atomic E-state index is 0.0181. The first-order valence-corrected chi connectivity index (χ1v) is 10.9. The van der Waals surface area contributed by atoms with Gasteiger partial charge >= 0.3 is 5.97 Å². The molecule has 0 fully saturated rings. The van der Waals surface area contributed by atoms with Gasteiger partial charge in [-0.1, -0.05) is 53.5 Å². The Morgan fingerprint density at radius 2 is 1.57 bits per heavy atom. The fourth-order valence-corrected chi connectivity index (χ4v) is 4.12. The van der Waals surface area contributed by atoms with E-state index in [1.807, 2.05) is 12.1 Å². The quantitative estimate of drug-likeness (QED) is 0.517. The summed E-state index contributed by atoms with van der Waals surface area (Å²) in [6.07, 6.45) is 0. The van der Waals surface area contributed by atoms with Crippen molar-refractivity contribution >= 4 is 61.6 Å². The van der Waals surface area contributed by atoms with Crippen molar-refractivity contribution in [1.29, 1.82) is 0 Å². The van der Waals surface area contributed by atoms with Gasteiger partial charge in [0, 0.05) is 15.7 Å². The van der Waals surface area contributed by atoms with Gasteiger partial charge < -0.3 is 10.1 Å². The largest absolute Gasteiger partial charge is 0.455 e. The van der Waals surface area contributed by atoms with Crippen molar-refractivity contribution in [3.05, 3.63) is 70.7 Å². The van der Waals surface area contributed by atoms with Crippen LogP contribution in [-0.4, -0.2) is 33.4 Å². The highest BCUT2D eigenvalue weighted by molar-refractivity contribution is 7.89. The highest BCUT2D eigenvalue weighted by Crippen LogP contribution is 2.22. The number of ether oxygens (including phenoxy) is 1. The Labute approximate surface area is 183 Å². The Morgan fingerprint density at radius 3 is 2.27 bits per heavy atom. The topological polar surface area (TPSA) is 102 Å². The molecule has 0 heterocycles. The normalized spacial score (nSPS) is 11.3. The third-order valence-electron chi connectivity index (χ3n) is 3.95. The van der Waals surface area contributed by atoms with E-state index in [0.29, 0.717) is 15.7 Å². The first-order chi connectivity index (χ1) is 14.2. The lowest BCUT2D eigenvalue weighted by Crippen LogP contribution is -2.32. The number of carbonyl (C=O) groups excluding carboxylic acids is 2. The molecule has 30 heavy (non-hydrogen) atoms. The van der Waals surface area contributed by atoms with Gasteiger partial charge in [-0.15, -0.1) is 0 Å². The van der Waals surface area contributed by atoms with Crippen LogP contribution in [0.3, 0.4) is 0 Å². The third kappa shape index (κ3) is 5.93. The molecule has 0 unspecified atom stereocenters. The SMILES string of the molecule is O=C(COC(=O)CNS(=O)(=O)c1ccc2ccccc2c1)Nc1cc(Cl)cc(Cl)c1. The zero-order valence-corrected chi connectivity index (χ0v) is 17.7. The maximum absolute atomic E-state index is 12.4. The highest BCUT2D eigenvalue weighted by Gasteiger charge is 2.17. The lowest BCUT2D eigenvalue weighted by Gasteiger charge is -2.09. The summed E-state index contributed by atoms with van der Waals surface area (Å²) >= 11 is 11.7. The van der Waals surface area contributed by atoms with Gasteiger partial charge in [0.05, 0.1) is 4.90 Å². The van der Waals surface area contributed by atoms with Gasteiger partial charge in [0.2, 0.25) is 10.0 Å². The number of esters is 1. The number of rotatable bonds is 7. The molecule has 10 heteroatoms. The Balaban J connectivity index is 1.52. The van der Waals surface area contributed by atoms with Gasteiger partial charge in [-0.05, 0) is 41.1 Å². The van der Waals surface area contributed by atoms with E-state index < -0.39 is 35.1 Å². The second-order valence-corrected chi connectivity index (χ2v) is 8.84.